The number of hydrogen-bond donors (Lipinski definition) is 1. The summed E-state index contributed by atoms with van der Waals surface area (Å²) in [5.74, 6) is 0.0615. The Morgan fingerprint density at radius 1 is 1.17 bits per heavy atom. The Hall–Kier alpha value is -0.870. The number of nitrogens with one attached hydrogen (secondary N) is 1. The molecule has 18 heavy (non-hydrogen) atoms. The second kappa shape index (κ2) is 7.54. The minimum Gasteiger partial charge on any atom is -0.212 e. The minimum absolute atomic E-state index is 0.0188. The second-order valence-corrected chi connectivity index (χ2v) is 6.51. The third-order valence-corrected chi connectivity index (χ3v) is 4.30. The first kappa shape index (κ1) is 15.2. The maximum Gasteiger partial charge on any atom is 0.216 e. The van der Waals surface area contributed by atoms with Gasteiger partial charge in [0.05, 0.1) is 5.75 Å². The van der Waals surface area contributed by atoms with Crippen molar-refractivity contribution in [1.29, 1.82) is 0 Å². The first-order valence-electron chi connectivity index (χ1n) is 6.57. The summed E-state index contributed by atoms with van der Waals surface area (Å²) in [7, 11) is -3.22. The highest BCUT2D eigenvalue weighted by atomic mass is 32.2. The molecule has 0 amide bonds. The largest absolute Gasteiger partial charge is 0.216 e. The summed E-state index contributed by atoms with van der Waals surface area (Å²) in [5.41, 5.74) is 0.825. The fraction of sp³-hybridized carbons (Fsp3) is 0.571. The minimum atomic E-state index is -3.22. The Bertz CT molecular complexity index is 428. The van der Waals surface area contributed by atoms with Crippen LogP contribution in [0.25, 0.3) is 0 Å². The van der Waals surface area contributed by atoms with Crippen LogP contribution in [0.2, 0.25) is 0 Å². The summed E-state index contributed by atoms with van der Waals surface area (Å²) in [6.45, 7) is 4.07. The summed E-state index contributed by atoms with van der Waals surface area (Å²) < 4.78 is 26.6. The van der Waals surface area contributed by atoms with Gasteiger partial charge in [-0.25, -0.2) is 13.1 Å². The van der Waals surface area contributed by atoms with E-state index < -0.39 is 10.0 Å². The zero-order valence-corrected chi connectivity index (χ0v) is 12.0. The Kier molecular flexibility index (Phi) is 6.36. The average molecular weight is 269 g/mol. The van der Waals surface area contributed by atoms with E-state index in [1.54, 1.807) is 0 Å². The molecule has 1 atom stereocenters. The fourth-order valence-electron chi connectivity index (χ4n) is 1.90. The van der Waals surface area contributed by atoms with Gasteiger partial charge in [0.2, 0.25) is 10.0 Å². The lowest BCUT2D eigenvalue weighted by molar-refractivity contribution is 0.526. The van der Waals surface area contributed by atoms with E-state index >= 15 is 0 Å². The van der Waals surface area contributed by atoms with Crippen LogP contribution in [0.1, 0.15) is 45.1 Å². The Morgan fingerprint density at radius 3 is 2.44 bits per heavy atom. The van der Waals surface area contributed by atoms with Gasteiger partial charge in [-0.2, -0.15) is 0 Å². The van der Waals surface area contributed by atoms with E-state index in [1.807, 2.05) is 37.3 Å². The molecule has 0 aliphatic rings. The molecule has 0 fully saturated rings. The summed E-state index contributed by atoms with van der Waals surface area (Å²) in [5, 5.41) is 0. The van der Waals surface area contributed by atoms with Crippen LogP contribution in [0, 0.1) is 0 Å². The normalized spacial score (nSPS) is 13.4. The smallest absolute Gasteiger partial charge is 0.212 e. The highest BCUT2D eigenvalue weighted by molar-refractivity contribution is 7.88. The Morgan fingerprint density at radius 2 is 1.83 bits per heavy atom. The van der Waals surface area contributed by atoms with Crippen molar-refractivity contribution in [2.45, 2.75) is 51.3 Å². The number of sulfonamides is 1. The van der Waals surface area contributed by atoms with Crippen molar-refractivity contribution in [3.05, 3.63) is 35.9 Å². The summed E-state index contributed by atoms with van der Waals surface area (Å²) in [6, 6.07) is 9.29. The molecule has 1 rings (SSSR count). The van der Waals surface area contributed by atoms with Crippen LogP contribution >= 0.6 is 0 Å². The highest BCUT2D eigenvalue weighted by Gasteiger charge is 2.14. The zero-order chi connectivity index (χ0) is 13.4. The van der Waals surface area contributed by atoms with Crippen LogP contribution in [0.5, 0.6) is 0 Å². The van der Waals surface area contributed by atoms with Crippen LogP contribution in [0.4, 0.5) is 0 Å². The lowest BCUT2D eigenvalue weighted by atomic mass is 10.1. The van der Waals surface area contributed by atoms with E-state index in [2.05, 4.69) is 11.6 Å². The van der Waals surface area contributed by atoms with Crippen molar-refractivity contribution >= 4 is 10.0 Å². The molecule has 0 aliphatic carbocycles. The third kappa shape index (κ3) is 6.17. The van der Waals surface area contributed by atoms with Gasteiger partial charge in [-0.1, -0.05) is 56.5 Å². The molecule has 1 aromatic carbocycles. The molecule has 0 saturated heterocycles. The molecular weight excluding hydrogens is 246 g/mol. The molecule has 0 bridgehead atoms. The van der Waals surface area contributed by atoms with E-state index in [4.69, 9.17) is 0 Å². The SMILES string of the molecule is CCCCCC(C)NS(=O)(=O)Cc1ccccc1. The molecular formula is C14H23NO2S. The van der Waals surface area contributed by atoms with Crippen molar-refractivity contribution in [1.82, 2.24) is 4.72 Å². The third-order valence-electron chi connectivity index (χ3n) is 2.82. The van der Waals surface area contributed by atoms with Crippen LogP contribution in [-0.2, 0) is 15.8 Å². The lowest BCUT2D eigenvalue weighted by Gasteiger charge is -2.14. The van der Waals surface area contributed by atoms with E-state index in [-0.39, 0.29) is 11.8 Å². The molecule has 0 radical (unpaired) electrons. The molecule has 3 nitrogen and oxygen atoms in total. The molecule has 4 heteroatoms. The summed E-state index contributed by atoms with van der Waals surface area (Å²) >= 11 is 0. The number of unbranched alkanes of at least 4 members (excludes halogenated alkanes) is 2. The Balaban J connectivity index is 2.44. The first-order valence-corrected chi connectivity index (χ1v) is 8.22. The summed E-state index contributed by atoms with van der Waals surface area (Å²) in [4.78, 5) is 0. The fourth-order valence-corrected chi connectivity index (χ4v) is 3.35. The highest BCUT2D eigenvalue weighted by Crippen LogP contribution is 2.08. The molecule has 102 valence electrons. The molecule has 0 saturated carbocycles. The quantitative estimate of drug-likeness (QED) is 0.737. The number of benzene rings is 1. The van der Waals surface area contributed by atoms with Crippen LogP contribution in [-0.4, -0.2) is 14.5 Å². The van der Waals surface area contributed by atoms with Gasteiger partial charge >= 0.3 is 0 Å². The van der Waals surface area contributed by atoms with Gasteiger partial charge in [-0.05, 0) is 18.9 Å². The van der Waals surface area contributed by atoms with Crippen molar-refractivity contribution in [3.8, 4) is 0 Å². The van der Waals surface area contributed by atoms with Crippen molar-refractivity contribution in [2.75, 3.05) is 0 Å². The second-order valence-electron chi connectivity index (χ2n) is 4.76. The molecule has 0 aliphatic heterocycles. The van der Waals surface area contributed by atoms with E-state index in [0.29, 0.717) is 0 Å². The summed E-state index contributed by atoms with van der Waals surface area (Å²) in [6.07, 6.45) is 4.29. The molecule has 0 spiro atoms. The van der Waals surface area contributed by atoms with Crippen molar-refractivity contribution in [3.63, 3.8) is 0 Å². The van der Waals surface area contributed by atoms with E-state index in [1.165, 1.54) is 0 Å². The lowest BCUT2D eigenvalue weighted by Crippen LogP contribution is -2.33. The molecule has 1 unspecified atom stereocenters. The average Bonchev–Trinajstić information content (AvgIpc) is 2.29. The van der Waals surface area contributed by atoms with E-state index in [9.17, 15) is 8.42 Å². The van der Waals surface area contributed by atoms with Gasteiger partial charge in [0.15, 0.2) is 0 Å². The van der Waals surface area contributed by atoms with Crippen LogP contribution in [0.15, 0.2) is 30.3 Å². The first-order chi connectivity index (χ1) is 8.53. The monoisotopic (exact) mass is 269 g/mol. The van der Waals surface area contributed by atoms with Gasteiger partial charge in [-0.3, -0.25) is 0 Å². The maximum atomic E-state index is 11.9. The number of rotatable bonds is 8. The number of hydrogen-bond acceptors (Lipinski definition) is 2. The standard InChI is InChI=1S/C14H23NO2S/c1-3-4-6-9-13(2)15-18(16,17)12-14-10-7-5-8-11-14/h5,7-8,10-11,13,15H,3-4,6,9,12H2,1-2H3. The Labute approximate surface area is 111 Å². The van der Waals surface area contributed by atoms with E-state index in [0.717, 1.165) is 31.2 Å². The van der Waals surface area contributed by atoms with Crippen LogP contribution < -0.4 is 4.72 Å². The predicted molar refractivity (Wildman–Crippen MR) is 75.8 cm³/mol. The van der Waals surface area contributed by atoms with Crippen molar-refractivity contribution in [2.24, 2.45) is 0 Å². The zero-order valence-electron chi connectivity index (χ0n) is 11.2. The molecule has 0 aromatic heterocycles. The topological polar surface area (TPSA) is 46.2 Å². The van der Waals surface area contributed by atoms with Gasteiger partial charge < -0.3 is 0 Å². The maximum absolute atomic E-state index is 11.9. The molecule has 1 N–H and O–H groups in total. The van der Waals surface area contributed by atoms with Gasteiger partial charge in [0.25, 0.3) is 0 Å². The van der Waals surface area contributed by atoms with Gasteiger partial charge in [0.1, 0.15) is 0 Å². The van der Waals surface area contributed by atoms with Gasteiger partial charge in [-0.15, -0.1) is 0 Å². The molecule has 0 heterocycles. The molecule has 1 aromatic rings. The van der Waals surface area contributed by atoms with Crippen molar-refractivity contribution < 1.29 is 8.42 Å². The van der Waals surface area contributed by atoms with Crippen LogP contribution in [0.3, 0.4) is 0 Å². The van der Waals surface area contributed by atoms with Gasteiger partial charge in [0, 0.05) is 6.04 Å². The predicted octanol–water partition coefficient (Wildman–Crippen LogP) is 3.07.